The summed E-state index contributed by atoms with van der Waals surface area (Å²) in [5.74, 6) is 0.338. The molecular weight excluding hydrogens is 282 g/mol. The van der Waals surface area contributed by atoms with Gasteiger partial charge in [-0.05, 0) is 49.9 Å². The standard InChI is InChI=1S/C14H20ClNO2S/c1-11-6-7-14(9-13(11)10-15)19(17,18)16-8-4-3-5-12(16)2/h6-7,9,12H,3-5,8,10H2,1-2H3. The second-order valence-corrected chi connectivity index (χ2v) is 7.34. The van der Waals surface area contributed by atoms with Crippen LogP contribution >= 0.6 is 11.6 Å². The van der Waals surface area contributed by atoms with Gasteiger partial charge in [-0.15, -0.1) is 11.6 Å². The summed E-state index contributed by atoms with van der Waals surface area (Å²) in [5.41, 5.74) is 1.91. The fraction of sp³-hybridized carbons (Fsp3) is 0.571. The van der Waals surface area contributed by atoms with E-state index in [0.29, 0.717) is 17.3 Å². The number of nitrogens with zero attached hydrogens (tertiary/aromatic N) is 1. The van der Waals surface area contributed by atoms with Crippen LogP contribution in [-0.2, 0) is 15.9 Å². The Morgan fingerprint density at radius 1 is 1.37 bits per heavy atom. The molecule has 1 aromatic carbocycles. The SMILES string of the molecule is Cc1ccc(S(=O)(=O)N2CCCCC2C)cc1CCl. The molecular formula is C14H20ClNO2S. The van der Waals surface area contributed by atoms with Crippen molar-refractivity contribution in [1.29, 1.82) is 0 Å². The highest BCUT2D eigenvalue weighted by atomic mass is 35.5. The van der Waals surface area contributed by atoms with E-state index in [2.05, 4.69) is 0 Å². The predicted molar refractivity (Wildman–Crippen MR) is 77.9 cm³/mol. The Hall–Kier alpha value is -0.580. The Balaban J connectivity index is 2.38. The van der Waals surface area contributed by atoms with Crippen molar-refractivity contribution < 1.29 is 8.42 Å². The summed E-state index contributed by atoms with van der Waals surface area (Å²) >= 11 is 5.86. The highest BCUT2D eigenvalue weighted by Crippen LogP contribution is 2.26. The van der Waals surface area contributed by atoms with Gasteiger partial charge in [0.15, 0.2) is 0 Å². The maximum Gasteiger partial charge on any atom is 0.243 e. The minimum absolute atomic E-state index is 0.0829. The van der Waals surface area contributed by atoms with Crippen molar-refractivity contribution in [3.05, 3.63) is 29.3 Å². The van der Waals surface area contributed by atoms with Gasteiger partial charge in [0.25, 0.3) is 0 Å². The van der Waals surface area contributed by atoms with E-state index in [1.54, 1.807) is 16.4 Å². The third-order valence-corrected chi connectivity index (χ3v) is 6.11. The first-order valence-electron chi connectivity index (χ1n) is 6.64. The summed E-state index contributed by atoms with van der Waals surface area (Å²) < 4.78 is 26.9. The molecule has 3 nitrogen and oxygen atoms in total. The average Bonchev–Trinajstić information content (AvgIpc) is 2.39. The monoisotopic (exact) mass is 301 g/mol. The molecule has 2 rings (SSSR count). The van der Waals surface area contributed by atoms with Crippen LogP contribution in [-0.4, -0.2) is 25.3 Å². The molecule has 19 heavy (non-hydrogen) atoms. The second-order valence-electron chi connectivity index (χ2n) is 5.18. The van der Waals surface area contributed by atoms with E-state index in [9.17, 15) is 8.42 Å². The molecule has 0 radical (unpaired) electrons. The maximum atomic E-state index is 12.7. The molecule has 1 unspecified atom stereocenters. The van der Waals surface area contributed by atoms with Gasteiger partial charge in [0.2, 0.25) is 10.0 Å². The molecule has 1 aliphatic heterocycles. The van der Waals surface area contributed by atoms with Crippen molar-refractivity contribution in [2.45, 2.75) is 49.9 Å². The molecule has 5 heteroatoms. The third-order valence-electron chi connectivity index (χ3n) is 3.81. The average molecular weight is 302 g/mol. The van der Waals surface area contributed by atoms with Gasteiger partial charge in [0.1, 0.15) is 0 Å². The maximum absolute atomic E-state index is 12.7. The number of benzene rings is 1. The van der Waals surface area contributed by atoms with E-state index >= 15 is 0 Å². The number of piperidine rings is 1. The minimum Gasteiger partial charge on any atom is -0.207 e. The normalized spacial score (nSPS) is 21.5. The van der Waals surface area contributed by atoms with Gasteiger partial charge < -0.3 is 0 Å². The number of rotatable bonds is 3. The zero-order valence-corrected chi connectivity index (χ0v) is 13.0. The smallest absolute Gasteiger partial charge is 0.207 e. The molecule has 0 N–H and O–H groups in total. The van der Waals surface area contributed by atoms with E-state index in [1.165, 1.54) is 0 Å². The molecule has 0 bridgehead atoms. The van der Waals surface area contributed by atoms with Gasteiger partial charge in [-0.25, -0.2) is 8.42 Å². The Morgan fingerprint density at radius 3 is 2.74 bits per heavy atom. The van der Waals surface area contributed by atoms with E-state index < -0.39 is 10.0 Å². The third kappa shape index (κ3) is 2.96. The van der Waals surface area contributed by atoms with Gasteiger partial charge in [0, 0.05) is 18.5 Å². The molecule has 0 aliphatic carbocycles. The molecule has 1 heterocycles. The highest BCUT2D eigenvalue weighted by molar-refractivity contribution is 7.89. The number of aryl methyl sites for hydroxylation is 1. The Kier molecular flexibility index (Phi) is 4.54. The Labute approximate surface area is 120 Å². The van der Waals surface area contributed by atoms with Crippen LogP contribution in [0, 0.1) is 6.92 Å². The van der Waals surface area contributed by atoms with Gasteiger partial charge >= 0.3 is 0 Å². The van der Waals surface area contributed by atoms with Crippen LogP contribution in [0.25, 0.3) is 0 Å². The first-order chi connectivity index (χ1) is 8.96. The molecule has 0 aromatic heterocycles. The molecule has 1 atom stereocenters. The summed E-state index contributed by atoms with van der Waals surface area (Å²) in [6.07, 6.45) is 2.99. The summed E-state index contributed by atoms with van der Waals surface area (Å²) in [5, 5.41) is 0. The molecule has 1 saturated heterocycles. The van der Waals surface area contributed by atoms with E-state index in [-0.39, 0.29) is 6.04 Å². The van der Waals surface area contributed by atoms with Crippen molar-refractivity contribution >= 4 is 21.6 Å². The number of sulfonamides is 1. The first-order valence-corrected chi connectivity index (χ1v) is 8.61. The fourth-order valence-corrected chi connectivity index (χ4v) is 4.56. The van der Waals surface area contributed by atoms with Crippen LogP contribution in [0.1, 0.15) is 37.3 Å². The van der Waals surface area contributed by atoms with Crippen LogP contribution < -0.4 is 0 Å². The van der Waals surface area contributed by atoms with E-state index in [0.717, 1.165) is 30.4 Å². The highest BCUT2D eigenvalue weighted by Gasteiger charge is 2.31. The van der Waals surface area contributed by atoms with Crippen molar-refractivity contribution in [1.82, 2.24) is 4.31 Å². The van der Waals surface area contributed by atoms with Crippen LogP contribution in [0.3, 0.4) is 0 Å². The summed E-state index contributed by atoms with van der Waals surface area (Å²) in [6, 6.07) is 5.31. The second kappa shape index (κ2) is 5.81. The minimum atomic E-state index is -3.39. The van der Waals surface area contributed by atoms with Crippen LogP contribution in [0.5, 0.6) is 0 Å². The van der Waals surface area contributed by atoms with E-state index in [1.807, 2.05) is 19.9 Å². The fourth-order valence-electron chi connectivity index (χ4n) is 2.52. The molecule has 0 amide bonds. The number of hydrogen-bond acceptors (Lipinski definition) is 2. The van der Waals surface area contributed by atoms with Gasteiger partial charge in [-0.3, -0.25) is 0 Å². The van der Waals surface area contributed by atoms with Gasteiger partial charge in [-0.2, -0.15) is 4.31 Å². The summed E-state index contributed by atoms with van der Waals surface area (Å²) in [6.45, 7) is 4.54. The summed E-state index contributed by atoms with van der Waals surface area (Å²) in [7, 11) is -3.39. The van der Waals surface area contributed by atoms with Crippen LogP contribution in [0.4, 0.5) is 0 Å². The lowest BCUT2D eigenvalue weighted by molar-refractivity contribution is 0.268. The van der Waals surface area contributed by atoms with Gasteiger partial charge in [0.05, 0.1) is 4.90 Å². The van der Waals surface area contributed by atoms with Crippen molar-refractivity contribution in [3.63, 3.8) is 0 Å². The zero-order chi connectivity index (χ0) is 14.0. The zero-order valence-electron chi connectivity index (χ0n) is 11.4. The van der Waals surface area contributed by atoms with E-state index in [4.69, 9.17) is 11.6 Å². The quantitative estimate of drug-likeness (QED) is 0.803. The Bertz CT molecular complexity index is 557. The number of halogens is 1. The molecule has 1 aromatic rings. The first kappa shape index (κ1) is 14.8. The molecule has 1 fully saturated rings. The predicted octanol–water partition coefficient (Wildman–Crippen LogP) is 3.30. The van der Waals surface area contributed by atoms with Crippen molar-refractivity contribution in [3.8, 4) is 0 Å². The topological polar surface area (TPSA) is 37.4 Å². The lowest BCUT2D eigenvalue weighted by atomic mass is 10.1. The lowest BCUT2D eigenvalue weighted by Gasteiger charge is -2.32. The Morgan fingerprint density at radius 2 is 2.11 bits per heavy atom. The van der Waals surface area contributed by atoms with Crippen molar-refractivity contribution in [2.75, 3.05) is 6.54 Å². The van der Waals surface area contributed by atoms with Gasteiger partial charge in [-0.1, -0.05) is 12.5 Å². The lowest BCUT2D eigenvalue weighted by Crippen LogP contribution is -2.41. The largest absolute Gasteiger partial charge is 0.243 e. The molecule has 106 valence electrons. The molecule has 0 spiro atoms. The molecule has 1 aliphatic rings. The molecule has 0 saturated carbocycles. The number of alkyl halides is 1. The van der Waals surface area contributed by atoms with Crippen molar-refractivity contribution in [2.24, 2.45) is 0 Å². The van der Waals surface area contributed by atoms with Crippen LogP contribution in [0.2, 0.25) is 0 Å². The summed E-state index contributed by atoms with van der Waals surface area (Å²) in [4.78, 5) is 0.363. The van der Waals surface area contributed by atoms with Crippen LogP contribution in [0.15, 0.2) is 23.1 Å². The number of hydrogen-bond donors (Lipinski definition) is 0.